The van der Waals surface area contributed by atoms with E-state index in [1.54, 1.807) is 33.3 Å². The first-order valence-corrected chi connectivity index (χ1v) is 14.0. The third-order valence-corrected chi connectivity index (χ3v) is 8.22. The zero-order valence-corrected chi connectivity index (χ0v) is 23.4. The van der Waals surface area contributed by atoms with Crippen molar-refractivity contribution < 1.29 is 14.4 Å². The third kappa shape index (κ3) is 5.50. The molecule has 0 spiro atoms. The molecule has 7 nitrogen and oxygen atoms in total. The van der Waals surface area contributed by atoms with Gasteiger partial charge in [-0.15, -0.1) is 11.3 Å². The van der Waals surface area contributed by atoms with Gasteiger partial charge in [0.15, 0.2) is 0 Å². The first-order chi connectivity index (χ1) is 18.3. The zero-order chi connectivity index (χ0) is 27.4. The van der Waals surface area contributed by atoms with Crippen LogP contribution in [0.1, 0.15) is 44.9 Å². The van der Waals surface area contributed by atoms with Crippen LogP contribution in [0, 0.1) is 12.8 Å². The molecule has 1 fully saturated rings. The van der Waals surface area contributed by atoms with Crippen LogP contribution in [0.4, 0.5) is 0 Å². The largest absolute Gasteiger partial charge is 0.350 e. The van der Waals surface area contributed by atoms with Crippen molar-refractivity contribution in [2.45, 2.75) is 59.2 Å². The molecule has 0 saturated carbocycles. The molecule has 3 amide bonds. The third-order valence-electron chi connectivity index (χ3n) is 7.24. The standard InChI is InChI=1S/C30H36N4O3S/c1-6-9-24-22(7-2)17-34(29(24)36)26(19(3)4)30(37)33-15-8-10-25(33)28(35)31-16-21-11-13-23(14-12-21)27-20(5)32-18-38-27/h6-7,9,11-14,18-19,25-26H,2,8,10,15-17H2,1,3-5H3,(H,31,35)/b9-6-. The topological polar surface area (TPSA) is 82.6 Å². The Kier molecular flexibility index (Phi) is 8.62. The number of nitrogens with zero attached hydrogens (tertiary/aromatic N) is 3. The van der Waals surface area contributed by atoms with Crippen LogP contribution in [0.15, 0.2) is 65.7 Å². The summed E-state index contributed by atoms with van der Waals surface area (Å²) in [6.45, 7) is 12.8. The molecule has 2 aromatic rings. The van der Waals surface area contributed by atoms with Gasteiger partial charge in [-0.1, -0.05) is 62.9 Å². The molecule has 1 aromatic carbocycles. The van der Waals surface area contributed by atoms with Crippen molar-refractivity contribution in [2.75, 3.05) is 13.1 Å². The van der Waals surface area contributed by atoms with Gasteiger partial charge in [-0.3, -0.25) is 14.4 Å². The maximum Gasteiger partial charge on any atom is 0.255 e. The highest BCUT2D eigenvalue weighted by atomic mass is 32.1. The number of nitrogens with one attached hydrogen (secondary N) is 1. The predicted octanol–water partition coefficient (Wildman–Crippen LogP) is 4.65. The number of likely N-dealkylation sites (tertiary alicyclic amines) is 1. The molecular weight excluding hydrogens is 496 g/mol. The molecule has 0 aliphatic carbocycles. The molecule has 38 heavy (non-hydrogen) atoms. The van der Waals surface area contributed by atoms with Crippen molar-refractivity contribution in [2.24, 2.45) is 5.92 Å². The Balaban J connectivity index is 1.43. The number of hydrogen-bond donors (Lipinski definition) is 1. The lowest BCUT2D eigenvalue weighted by Crippen LogP contribution is -2.55. The van der Waals surface area contributed by atoms with Crippen LogP contribution >= 0.6 is 11.3 Å². The van der Waals surface area contributed by atoms with Crippen LogP contribution in [0.3, 0.4) is 0 Å². The molecule has 4 rings (SSSR count). The number of thiazole rings is 1. The van der Waals surface area contributed by atoms with E-state index in [2.05, 4.69) is 16.9 Å². The number of carbonyl (C=O) groups is 3. The van der Waals surface area contributed by atoms with Crippen LogP contribution in [0.25, 0.3) is 10.4 Å². The van der Waals surface area contributed by atoms with Gasteiger partial charge >= 0.3 is 0 Å². The Bertz CT molecular complexity index is 1270. The van der Waals surface area contributed by atoms with Crippen molar-refractivity contribution in [1.82, 2.24) is 20.1 Å². The molecule has 2 aliphatic rings. The van der Waals surface area contributed by atoms with E-state index in [1.165, 1.54) is 0 Å². The van der Waals surface area contributed by atoms with E-state index in [0.29, 0.717) is 31.6 Å². The lowest BCUT2D eigenvalue weighted by atomic mass is 10.00. The van der Waals surface area contributed by atoms with E-state index in [1.807, 2.05) is 63.5 Å². The summed E-state index contributed by atoms with van der Waals surface area (Å²) in [5.41, 5.74) is 6.34. The molecule has 2 atom stereocenters. The smallest absolute Gasteiger partial charge is 0.255 e. The minimum atomic E-state index is -0.642. The maximum atomic E-state index is 13.8. The molecule has 3 heterocycles. The van der Waals surface area contributed by atoms with Gasteiger partial charge in [-0.2, -0.15) is 0 Å². The van der Waals surface area contributed by atoms with Crippen LogP contribution in [0.5, 0.6) is 0 Å². The summed E-state index contributed by atoms with van der Waals surface area (Å²) in [5, 5.41) is 3.02. The van der Waals surface area contributed by atoms with Crippen molar-refractivity contribution in [1.29, 1.82) is 0 Å². The van der Waals surface area contributed by atoms with Crippen LogP contribution in [-0.4, -0.2) is 57.7 Å². The SMILES string of the molecule is C=CC1=C(/C=C\C)C(=O)N(C(C(=O)N2CCCC2C(=O)NCc2ccc(-c3scnc3C)cc2)C(C)C)C1. The van der Waals surface area contributed by atoms with E-state index < -0.39 is 12.1 Å². The highest BCUT2D eigenvalue weighted by molar-refractivity contribution is 7.13. The van der Waals surface area contributed by atoms with Crippen molar-refractivity contribution in [3.8, 4) is 10.4 Å². The Morgan fingerprint density at radius 3 is 2.61 bits per heavy atom. The molecule has 8 heteroatoms. The van der Waals surface area contributed by atoms with E-state index in [9.17, 15) is 14.4 Å². The van der Waals surface area contributed by atoms with Gasteiger partial charge in [-0.25, -0.2) is 4.98 Å². The molecule has 0 bridgehead atoms. The fraction of sp³-hybridized carbons (Fsp3) is 0.400. The van der Waals surface area contributed by atoms with Gasteiger partial charge in [0.2, 0.25) is 11.8 Å². The van der Waals surface area contributed by atoms with Gasteiger partial charge in [-0.05, 0) is 49.3 Å². The summed E-state index contributed by atoms with van der Waals surface area (Å²) in [6, 6.07) is 6.92. The number of amides is 3. The second-order valence-electron chi connectivity index (χ2n) is 10.1. The van der Waals surface area contributed by atoms with E-state index in [-0.39, 0.29) is 23.6 Å². The van der Waals surface area contributed by atoms with Crippen molar-refractivity contribution >= 4 is 29.1 Å². The summed E-state index contributed by atoms with van der Waals surface area (Å²) in [4.78, 5) is 49.1. The molecule has 2 unspecified atom stereocenters. The first-order valence-electron chi connectivity index (χ1n) is 13.1. The number of rotatable bonds is 9. The monoisotopic (exact) mass is 532 g/mol. The van der Waals surface area contributed by atoms with Gasteiger partial charge in [0.05, 0.1) is 16.1 Å². The maximum absolute atomic E-state index is 13.8. The summed E-state index contributed by atoms with van der Waals surface area (Å²) >= 11 is 1.61. The normalized spacial score (nSPS) is 18.7. The second-order valence-corrected chi connectivity index (χ2v) is 11.0. The summed E-state index contributed by atoms with van der Waals surface area (Å²) in [7, 11) is 0. The first kappa shape index (κ1) is 27.5. The van der Waals surface area contributed by atoms with Crippen molar-refractivity contribution in [3.05, 3.63) is 77.0 Å². The Morgan fingerprint density at radius 1 is 1.26 bits per heavy atom. The lowest BCUT2D eigenvalue weighted by molar-refractivity contribution is -0.147. The molecule has 2 aliphatic heterocycles. The lowest BCUT2D eigenvalue weighted by Gasteiger charge is -2.35. The summed E-state index contributed by atoms with van der Waals surface area (Å²) in [5.74, 6) is -0.594. The highest BCUT2D eigenvalue weighted by Gasteiger charge is 2.43. The van der Waals surface area contributed by atoms with E-state index >= 15 is 0 Å². The second kappa shape index (κ2) is 11.9. The summed E-state index contributed by atoms with van der Waals surface area (Å²) < 4.78 is 0. The van der Waals surface area contributed by atoms with Gasteiger partial charge < -0.3 is 15.1 Å². The van der Waals surface area contributed by atoms with Gasteiger partial charge in [0, 0.05) is 25.2 Å². The molecular formula is C30H36N4O3S. The number of aromatic nitrogens is 1. The zero-order valence-electron chi connectivity index (χ0n) is 22.6. The molecule has 1 aromatic heterocycles. The number of carbonyl (C=O) groups excluding carboxylic acids is 3. The Morgan fingerprint density at radius 2 is 2.00 bits per heavy atom. The molecule has 1 saturated heterocycles. The van der Waals surface area contributed by atoms with Gasteiger partial charge in [0.25, 0.3) is 5.91 Å². The number of aryl methyl sites for hydroxylation is 1. The number of benzene rings is 1. The quantitative estimate of drug-likeness (QED) is 0.510. The van der Waals surface area contributed by atoms with Crippen LogP contribution in [0.2, 0.25) is 0 Å². The molecule has 1 N–H and O–H groups in total. The fourth-order valence-electron chi connectivity index (χ4n) is 5.29. The molecule has 200 valence electrons. The molecule has 0 radical (unpaired) electrons. The van der Waals surface area contributed by atoms with Crippen LogP contribution < -0.4 is 5.32 Å². The van der Waals surface area contributed by atoms with E-state index in [0.717, 1.165) is 33.7 Å². The Labute approximate surface area is 228 Å². The highest BCUT2D eigenvalue weighted by Crippen LogP contribution is 2.30. The fourth-order valence-corrected chi connectivity index (χ4v) is 6.10. The summed E-state index contributed by atoms with van der Waals surface area (Å²) in [6.07, 6.45) is 6.65. The average Bonchev–Trinajstić information content (AvgIpc) is 3.63. The predicted molar refractivity (Wildman–Crippen MR) is 151 cm³/mol. The number of hydrogen-bond acceptors (Lipinski definition) is 5. The minimum absolute atomic E-state index is 0.104. The average molecular weight is 533 g/mol. The number of allylic oxidation sites excluding steroid dienone is 1. The van der Waals surface area contributed by atoms with Gasteiger partial charge in [0.1, 0.15) is 12.1 Å². The van der Waals surface area contributed by atoms with E-state index in [4.69, 9.17) is 0 Å². The minimum Gasteiger partial charge on any atom is -0.350 e. The Hall–Kier alpha value is -3.52. The van der Waals surface area contributed by atoms with Crippen LogP contribution in [-0.2, 0) is 20.9 Å². The van der Waals surface area contributed by atoms with Crippen molar-refractivity contribution in [3.63, 3.8) is 0 Å².